The number of ether oxygens (including phenoxy) is 1. The highest BCUT2D eigenvalue weighted by Gasteiger charge is 2.25. The third kappa shape index (κ3) is 4.70. The minimum atomic E-state index is -0.174. The van der Waals surface area contributed by atoms with Crippen molar-refractivity contribution in [3.63, 3.8) is 0 Å². The molecule has 2 N–H and O–H groups in total. The molecule has 1 saturated carbocycles. The van der Waals surface area contributed by atoms with Crippen LogP contribution in [-0.4, -0.2) is 24.6 Å². The molecule has 108 valence electrons. The highest BCUT2D eigenvalue weighted by Crippen LogP contribution is 2.18. The SMILES string of the molecule is C=CCOc1ccc(CNC(C)C(=O)NC2CC2)cc1. The molecule has 0 aromatic heterocycles. The number of hydrogen-bond donors (Lipinski definition) is 2. The average Bonchev–Trinajstić information content (AvgIpc) is 3.27. The number of carbonyl (C=O) groups excluding carboxylic acids is 1. The lowest BCUT2D eigenvalue weighted by atomic mass is 10.2. The third-order valence-electron chi connectivity index (χ3n) is 3.22. The zero-order valence-corrected chi connectivity index (χ0v) is 11.9. The minimum absolute atomic E-state index is 0.0819. The molecule has 1 fully saturated rings. The van der Waals surface area contributed by atoms with Crippen LogP contribution in [-0.2, 0) is 11.3 Å². The number of nitrogens with one attached hydrogen (secondary N) is 2. The molecule has 4 nitrogen and oxygen atoms in total. The minimum Gasteiger partial charge on any atom is -0.490 e. The first-order valence-electron chi connectivity index (χ1n) is 7.05. The molecule has 0 radical (unpaired) electrons. The summed E-state index contributed by atoms with van der Waals surface area (Å²) in [6, 6.07) is 8.08. The van der Waals surface area contributed by atoms with Crippen LogP contribution in [0.2, 0.25) is 0 Å². The number of carbonyl (C=O) groups is 1. The Morgan fingerprint density at radius 3 is 2.75 bits per heavy atom. The molecule has 0 bridgehead atoms. The number of hydrogen-bond acceptors (Lipinski definition) is 3. The van der Waals surface area contributed by atoms with Crippen molar-refractivity contribution in [1.29, 1.82) is 0 Å². The van der Waals surface area contributed by atoms with Gasteiger partial charge in [0.15, 0.2) is 0 Å². The lowest BCUT2D eigenvalue weighted by Crippen LogP contribution is -2.42. The summed E-state index contributed by atoms with van der Waals surface area (Å²) in [5.41, 5.74) is 1.13. The topological polar surface area (TPSA) is 50.4 Å². The van der Waals surface area contributed by atoms with Crippen molar-refractivity contribution in [2.75, 3.05) is 6.61 Å². The van der Waals surface area contributed by atoms with Gasteiger partial charge in [-0.15, -0.1) is 0 Å². The quantitative estimate of drug-likeness (QED) is 0.713. The summed E-state index contributed by atoms with van der Waals surface area (Å²) in [6.45, 7) is 6.68. The van der Waals surface area contributed by atoms with Crippen LogP contribution < -0.4 is 15.4 Å². The molecule has 2 rings (SSSR count). The van der Waals surface area contributed by atoms with E-state index in [1.165, 1.54) is 0 Å². The highest BCUT2D eigenvalue weighted by molar-refractivity contribution is 5.81. The zero-order chi connectivity index (χ0) is 14.4. The van der Waals surface area contributed by atoms with Crippen molar-refractivity contribution in [2.24, 2.45) is 0 Å². The van der Waals surface area contributed by atoms with Crippen LogP contribution in [0.15, 0.2) is 36.9 Å². The van der Waals surface area contributed by atoms with Crippen molar-refractivity contribution in [3.05, 3.63) is 42.5 Å². The Balaban J connectivity index is 1.74. The Morgan fingerprint density at radius 2 is 2.15 bits per heavy atom. The maximum absolute atomic E-state index is 11.8. The van der Waals surface area contributed by atoms with Gasteiger partial charge in [0.25, 0.3) is 0 Å². The second-order valence-electron chi connectivity index (χ2n) is 5.13. The number of benzene rings is 1. The van der Waals surface area contributed by atoms with Gasteiger partial charge in [0.2, 0.25) is 5.91 Å². The summed E-state index contributed by atoms with van der Waals surface area (Å²) in [5.74, 6) is 0.909. The lowest BCUT2D eigenvalue weighted by Gasteiger charge is -2.14. The predicted octanol–water partition coefficient (Wildman–Crippen LogP) is 2.01. The van der Waals surface area contributed by atoms with Gasteiger partial charge in [-0.3, -0.25) is 4.79 Å². The molecule has 1 aliphatic rings. The van der Waals surface area contributed by atoms with Crippen molar-refractivity contribution in [1.82, 2.24) is 10.6 Å². The Bertz CT molecular complexity index is 452. The molecule has 1 aliphatic carbocycles. The van der Waals surface area contributed by atoms with Gasteiger partial charge in [0.1, 0.15) is 12.4 Å². The van der Waals surface area contributed by atoms with Crippen LogP contribution in [0.5, 0.6) is 5.75 Å². The summed E-state index contributed by atoms with van der Waals surface area (Å²) in [7, 11) is 0. The van der Waals surface area contributed by atoms with Gasteiger partial charge >= 0.3 is 0 Å². The van der Waals surface area contributed by atoms with Crippen molar-refractivity contribution < 1.29 is 9.53 Å². The van der Waals surface area contributed by atoms with Crippen LogP contribution in [0.1, 0.15) is 25.3 Å². The second kappa shape index (κ2) is 7.10. The number of amides is 1. The van der Waals surface area contributed by atoms with Crippen LogP contribution in [0.3, 0.4) is 0 Å². The van der Waals surface area contributed by atoms with E-state index in [0.29, 0.717) is 19.2 Å². The smallest absolute Gasteiger partial charge is 0.237 e. The fourth-order valence-electron chi connectivity index (χ4n) is 1.78. The summed E-state index contributed by atoms with van der Waals surface area (Å²) >= 11 is 0. The molecule has 1 aromatic carbocycles. The molecule has 0 spiro atoms. The molecule has 0 saturated heterocycles. The van der Waals surface area contributed by atoms with Crippen molar-refractivity contribution in [3.8, 4) is 5.75 Å². The van der Waals surface area contributed by atoms with E-state index in [9.17, 15) is 4.79 Å². The molecule has 4 heteroatoms. The van der Waals surface area contributed by atoms with Crippen LogP contribution in [0.4, 0.5) is 0 Å². The van der Waals surface area contributed by atoms with Gasteiger partial charge in [-0.2, -0.15) is 0 Å². The van der Waals surface area contributed by atoms with Gasteiger partial charge in [0.05, 0.1) is 6.04 Å². The van der Waals surface area contributed by atoms with E-state index in [4.69, 9.17) is 4.74 Å². The monoisotopic (exact) mass is 274 g/mol. The summed E-state index contributed by atoms with van der Waals surface area (Å²) in [6.07, 6.45) is 3.95. The van der Waals surface area contributed by atoms with E-state index >= 15 is 0 Å². The molecular weight excluding hydrogens is 252 g/mol. The van der Waals surface area contributed by atoms with E-state index in [-0.39, 0.29) is 11.9 Å². The summed E-state index contributed by atoms with van der Waals surface area (Å²) in [4.78, 5) is 11.8. The van der Waals surface area contributed by atoms with E-state index in [1.807, 2.05) is 31.2 Å². The lowest BCUT2D eigenvalue weighted by molar-refractivity contribution is -0.122. The molecule has 1 amide bonds. The largest absolute Gasteiger partial charge is 0.490 e. The molecule has 0 aliphatic heterocycles. The Hall–Kier alpha value is -1.81. The van der Waals surface area contributed by atoms with E-state index in [0.717, 1.165) is 24.2 Å². The molecule has 1 unspecified atom stereocenters. The fraction of sp³-hybridized carbons (Fsp3) is 0.438. The first-order chi connectivity index (χ1) is 9.69. The second-order valence-corrected chi connectivity index (χ2v) is 5.13. The van der Waals surface area contributed by atoms with Crippen LogP contribution in [0.25, 0.3) is 0 Å². The van der Waals surface area contributed by atoms with Crippen molar-refractivity contribution in [2.45, 2.75) is 38.4 Å². The standard InChI is InChI=1S/C16H22N2O2/c1-3-10-20-15-8-4-13(5-9-15)11-17-12(2)16(19)18-14-6-7-14/h3-5,8-9,12,14,17H,1,6-7,10-11H2,2H3,(H,18,19). The normalized spacial score (nSPS) is 15.4. The average molecular weight is 274 g/mol. The molecule has 1 atom stereocenters. The Labute approximate surface area is 120 Å². The van der Waals surface area contributed by atoms with Crippen LogP contribution in [0, 0.1) is 0 Å². The maximum Gasteiger partial charge on any atom is 0.237 e. The van der Waals surface area contributed by atoms with Crippen LogP contribution >= 0.6 is 0 Å². The molecule has 0 heterocycles. The predicted molar refractivity (Wildman–Crippen MR) is 79.6 cm³/mol. The Morgan fingerprint density at radius 1 is 1.45 bits per heavy atom. The highest BCUT2D eigenvalue weighted by atomic mass is 16.5. The fourth-order valence-corrected chi connectivity index (χ4v) is 1.78. The van der Waals surface area contributed by atoms with E-state index in [1.54, 1.807) is 6.08 Å². The zero-order valence-electron chi connectivity index (χ0n) is 11.9. The third-order valence-corrected chi connectivity index (χ3v) is 3.22. The first kappa shape index (κ1) is 14.6. The van der Waals surface area contributed by atoms with E-state index < -0.39 is 0 Å². The maximum atomic E-state index is 11.8. The Kier molecular flexibility index (Phi) is 5.18. The van der Waals surface area contributed by atoms with Crippen molar-refractivity contribution >= 4 is 5.91 Å². The molecule has 1 aromatic rings. The summed E-state index contributed by atoms with van der Waals surface area (Å²) in [5, 5.41) is 6.22. The first-order valence-corrected chi connectivity index (χ1v) is 7.05. The van der Waals surface area contributed by atoms with E-state index in [2.05, 4.69) is 17.2 Å². The van der Waals surface area contributed by atoms with Gasteiger partial charge in [-0.1, -0.05) is 24.8 Å². The van der Waals surface area contributed by atoms with Gasteiger partial charge in [-0.25, -0.2) is 0 Å². The van der Waals surface area contributed by atoms with Gasteiger partial charge in [-0.05, 0) is 37.5 Å². The van der Waals surface area contributed by atoms with Gasteiger partial charge < -0.3 is 15.4 Å². The molecular formula is C16H22N2O2. The molecule has 20 heavy (non-hydrogen) atoms. The summed E-state index contributed by atoms with van der Waals surface area (Å²) < 4.78 is 5.42. The van der Waals surface area contributed by atoms with Gasteiger partial charge in [0, 0.05) is 12.6 Å². The number of rotatable bonds is 8.